The third kappa shape index (κ3) is 2.91. The minimum absolute atomic E-state index is 0.248. The van der Waals surface area contributed by atoms with Gasteiger partial charge >= 0.3 is 0 Å². The van der Waals surface area contributed by atoms with Gasteiger partial charge in [0.2, 0.25) is 5.95 Å². The fourth-order valence-electron chi connectivity index (χ4n) is 4.26. The second-order valence-corrected chi connectivity index (χ2v) is 8.00. The van der Waals surface area contributed by atoms with Crippen molar-refractivity contribution in [3.63, 3.8) is 0 Å². The molecular weight excluding hydrogens is 390 g/mol. The molecule has 0 spiro atoms. The maximum absolute atomic E-state index is 5.66. The molecule has 1 aliphatic heterocycles. The van der Waals surface area contributed by atoms with Crippen LogP contribution in [0, 0.1) is 0 Å². The smallest absolute Gasteiger partial charge is 0.257 e. The topological polar surface area (TPSA) is 116 Å². The summed E-state index contributed by atoms with van der Waals surface area (Å²) in [6, 6.07) is 10.2. The Bertz CT molecular complexity index is 1290. The van der Waals surface area contributed by atoms with Crippen molar-refractivity contribution in [2.24, 2.45) is 4.99 Å². The summed E-state index contributed by atoms with van der Waals surface area (Å²) < 4.78 is 5.66. The first-order chi connectivity index (χ1) is 15.2. The van der Waals surface area contributed by atoms with Gasteiger partial charge in [-0.1, -0.05) is 23.7 Å². The van der Waals surface area contributed by atoms with Crippen molar-refractivity contribution in [3.05, 3.63) is 71.4 Å². The maximum atomic E-state index is 5.66. The highest BCUT2D eigenvalue weighted by atomic mass is 16.5. The number of nitrogen functional groups attached to an aromatic ring is 1. The summed E-state index contributed by atoms with van der Waals surface area (Å²) in [7, 11) is 0. The van der Waals surface area contributed by atoms with Crippen LogP contribution in [0.15, 0.2) is 58.4 Å². The van der Waals surface area contributed by atoms with Gasteiger partial charge in [-0.2, -0.15) is 4.98 Å². The summed E-state index contributed by atoms with van der Waals surface area (Å²) in [5, 5.41) is 4.37. The van der Waals surface area contributed by atoms with Crippen LogP contribution in [0.25, 0.3) is 22.7 Å². The Labute approximate surface area is 178 Å². The van der Waals surface area contributed by atoms with Crippen LogP contribution >= 0.6 is 0 Å². The van der Waals surface area contributed by atoms with Crippen LogP contribution in [0.3, 0.4) is 0 Å². The molecule has 0 atom stereocenters. The highest BCUT2D eigenvalue weighted by molar-refractivity contribution is 5.86. The number of benzene rings is 1. The number of nitrogens with two attached hydrogens (primary N) is 1. The zero-order valence-electron chi connectivity index (χ0n) is 16.7. The molecule has 1 fully saturated rings. The van der Waals surface area contributed by atoms with Crippen LogP contribution in [0.2, 0.25) is 0 Å². The van der Waals surface area contributed by atoms with Gasteiger partial charge in [-0.05, 0) is 47.7 Å². The number of fused-ring (bicyclic) bond motifs is 1. The molecule has 8 heteroatoms. The number of aliphatic imine (C=N–C) groups is 1. The van der Waals surface area contributed by atoms with Crippen molar-refractivity contribution in [1.29, 1.82) is 0 Å². The van der Waals surface area contributed by atoms with Gasteiger partial charge in [-0.15, -0.1) is 0 Å². The Morgan fingerprint density at radius 1 is 0.935 bits per heavy atom. The van der Waals surface area contributed by atoms with E-state index in [1.807, 2.05) is 24.5 Å². The second kappa shape index (κ2) is 6.80. The maximum Gasteiger partial charge on any atom is 0.257 e. The average Bonchev–Trinajstić information content (AvgIpc) is 3.43. The van der Waals surface area contributed by atoms with Crippen LogP contribution in [0.4, 0.5) is 5.95 Å². The molecule has 3 aromatic heterocycles. The normalized spacial score (nSPS) is 16.1. The fraction of sp³-hybridized carbons (Fsp3) is 0.217. The molecule has 0 bridgehead atoms. The van der Waals surface area contributed by atoms with E-state index in [4.69, 9.17) is 15.2 Å². The van der Waals surface area contributed by atoms with Crippen LogP contribution in [0.5, 0.6) is 0 Å². The van der Waals surface area contributed by atoms with Gasteiger partial charge in [0.1, 0.15) is 0 Å². The minimum atomic E-state index is -0.261. The molecule has 4 aromatic rings. The molecule has 1 saturated carbocycles. The predicted molar refractivity (Wildman–Crippen MR) is 115 cm³/mol. The first-order valence-electron chi connectivity index (χ1n) is 10.2. The van der Waals surface area contributed by atoms with E-state index in [0.29, 0.717) is 11.7 Å². The summed E-state index contributed by atoms with van der Waals surface area (Å²) >= 11 is 0. The van der Waals surface area contributed by atoms with Crippen molar-refractivity contribution in [3.8, 4) is 22.7 Å². The number of anilines is 1. The SMILES string of the molecule is Nc1ncc(-c2ccc(C3(c4noc(-c5ccc6c(c5)C=NC6)n4)CCC3)cn2)cn1. The summed E-state index contributed by atoms with van der Waals surface area (Å²) in [5.74, 6) is 1.50. The number of aromatic nitrogens is 5. The Morgan fingerprint density at radius 2 is 1.81 bits per heavy atom. The molecule has 4 heterocycles. The molecule has 0 amide bonds. The van der Waals surface area contributed by atoms with Crippen molar-refractivity contribution in [2.45, 2.75) is 31.2 Å². The Kier molecular flexibility index (Phi) is 3.92. The highest BCUT2D eigenvalue weighted by Crippen LogP contribution is 2.48. The molecule has 0 saturated heterocycles. The van der Waals surface area contributed by atoms with Crippen LogP contribution in [0.1, 0.15) is 41.8 Å². The molecule has 1 aliphatic carbocycles. The minimum Gasteiger partial charge on any atom is -0.368 e. The lowest BCUT2D eigenvalue weighted by Crippen LogP contribution is -2.36. The zero-order chi connectivity index (χ0) is 20.8. The average molecular weight is 409 g/mol. The van der Waals surface area contributed by atoms with E-state index in [1.165, 1.54) is 5.56 Å². The van der Waals surface area contributed by atoms with E-state index >= 15 is 0 Å². The highest BCUT2D eigenvalue weighted by Gasteiger charge is 2.44. The molecular formula is C23H19N7O. The molecule has 0 unspecified atom stereocenters. The summed E-state index contributed by atoms with van der Waals surface area (Å²) in [6.07, 6.45) is 10.2. The van der Waals surface area contributed by atoms with E-state index in [-0.39, 0.29) is 11.4 Å². The van der Waals surface area contributed by atoms with Crippen LogP contribution in [-0.2, 0) is 12.0 Å². The standard InChI is InChI=1S/C23H19N7O/c24-22-27-11-17(12-28-22)19-5-4-18(13-26-19)23(6-1-7-23)21-29-20(31-30-21)14-2-3-15-9-25-10-16(15)8-14/h2-5,8,10-13H,1,6-7,9H2,(H2,24,27,28). The molecule has 6 rings (SSSR count). The van der Waals surface area contributed by atoms with E-state index < -0.39 is 0 Å². The number of nitrogens with zero attached hydrogens (tertiary/aromatic N) is 6. The second-order valence-electron chi connectivity index (χ2n) is 8.00. The van der Waals surface area contributed by atoms with Crippen LogP contribution < -0.4 is 5.73 Å². The van der Waals surface area contributed by atoms with Gasteiger partial charge in [-0.3, -0.25) is 9.98 Å². The fourth-order valence-corrected chi connectivity index (χ4v) is 4.26. The predicted octanol–water partition coefficient (Wildman–Crippen LogP) is 3.57. The van der Waals surface area contributed by atoms with Gasteiger partial charge in [0.05, 0.1) is 17.7 Å². The van der Waals surface area contributed by atoms with E-state index in [9.17, 15) is 0 Å². The van der Waals surface area contributed by atoms with Gasteiger partial charge in [0, 0.05) is 35.9 Å². The molecule has 0 radical (unpaired) electrons. The molecule has 2 N–H and O–H groups in total. The lowest BCUT2D eigenvalue weighted by molar-refractivity contribution is 0.272. The summed E-state index contributed by atoms with van der Waals surface area (Å²) in [4.78, 5) is 21.8. The largest absolute Gasteiger partial charge is 0.368 e. The van der Waals surface area contributed by atoms with Crippen molar-refractivity contribution in [1.82, 2.24) is 25.1 Å². The number of rotatable bonds is 4. The molecule has 2 aliphatic rings. The summed E-state index contributed by atoms with van der Waals surface area (Å²) in [6.45, 7) is 0.735. The van der Waals surface area contributed by atoms with Crippen LogP contribution in [-0.4, -0.2) is 31.3 Å². The van der Waals surface area contributed by atoms with Gasteiger partial charge in [0.15, 0.2) is 5.82 Å². The third-order valence-corrected chi connectivity index (χ3v) is 6.23. The zero-order valence-corrected chi connectivity index (χ0v) is 16.7. The lowest BCUT2D eigenvalue weighted by Gasteiger charge is -2.39. The number of pyridine rings is 1. The Hall–Kier alpha value is -3.94. The van der Waals surface area contributed by atoms with Crippen molar-refractivity contribution < 1.29 is 4.52 Å². The van der Waals surface area contributed by atoms with E-state index in [1.54, 1.807) is 12.4 Å². The Balaban J connectivity index is 1.32. The molecule has 152 valence electrons. The monoisotopic (exact) mass is 409 g/mol. The number of hydrogen-bond acceptors (Lipinski definition) is 8. The first kappa shape index (κ1) is 17.9. The molecule has 1 aromatic carbocycles. The first-order valence-corrected chi connectivity index (χ1v) is 10.2. The number of hydrogen-bond donors (Lipinski definition) is 1. The van der Waals surface area contributed by atoms with E-state index in [2.05, 4.69) is 43.3 Å². The van der Waals surface area contributed by atoms with E-state index in [0.717, 1.165) is 53.8 Å². The van der Waals surface area contributed by atoms with Crippen molar-refractivity contribution in [2.75, 3.05) is 5.73 Å². The van der Waals surface area contributed by atoms with Gasteiger partial charge in [-0.25, -0.2) is 9.97 Å². The molecule has 8 nitrogen and oxygen atoms in total. The quantitative estimate of drug-likeness (QED) is 0.548. The Morgan fingerprint density at radius 3 is 2.55 bits per heavy atom. The summed E-state index contributed by atoms with van der Waals surface area (Å²) in [5.41, 5.74) is 11.3. The van der Waals surface area contributed by atoms with Crippen molar-refractivity contribution >= 4 is 12.2 Å². The lowest BCUT2D eigenvalue weighted by atomic mass is 9.64. The van der Waals surface area contributed by atoms with Gasteiger partial charge in [0.25, 0.3) is 5.89 Å². The third-order valence-electron chi connectivity index (χ3n) is 6.23. The molecule has 31 heavy (non-hydrogen) atoms. The van der Waals surface area contributed by atoms with Gasteiger partial charge < -0.3 is 10.3 Å².